The number of nitrogens with one attached hydrogen (secondary N) is 1. The van der Waals surface area contributed by atoms with Crippen LogP contribution in [0.5, 0.6) is 0 Å². The van der Waals surface area contributed by atoms with Crippen molar-refractivity contribution in [2.24, 2.45) is 0 Å². The molecule has 2 aromatic rings. The first-order chi connectivity index (χ1) is 8.75. The van der Waals surface area contributed by atoms with Gasteiger partial charge >= 0.3 is 0 Å². The van der Waals surface area contributed by atoms with Gasteiger partial charge in [0.15, 0.2) is 0 Å². The summed E-state index contributed by atoms with van der Waals surface area (Å²) in [5.41, 5.74) is 1.21. The highest BCUT2D eigenvalue weighted by molar-refractivity contribution is 7.10. The lowest BCUT2D eigenvalue weighted by atomic mass is 10.1. The lowest BCUT2D eigenvalue weighted by molar-refractivity contribution is 0.157. The molecular weight excluding hydrogens is 244 g/mol. The molecule has 0 fully saturated rings. The minimum Gasteiger partial charge on any atom is -0.388 e. The average Bonchev–Trinajstić information content (AvgIpc) is 2.91. The van der Waals surface area contributed by atoms with Crippen LogP contribution in [0.15, 0.2) is 42.0 Å². The molecule has 0 aliphatic rings. The average molecular weight is 262 g/mol. The van der Waals surface area contributed by atoms with Crippen molar-refractivity contribution in [2.75, 3.05) is 0 Å². The fourth-order valence-corrected chi connectivity index (χ4v) is 2.53. The first-order valence-electron chi connectivity index (χ1n) is 6.09. The molecule has 0 bridgehead atoms. The fourth-order valence-electron chi connectivity index (χ4n) is 1.81. The van der Waals surface area contributed by atoms with Crippen LogP contribution in [0, 0.1) is 0 Å². The van der Waals surface area contributed by atoms with Crippen LogP contribution in [0.25, 0.3) is 0 Å². The summed E-state index contributed by atoms with van der Waals surface area (Å²) in [5, 5.41) is 15.4. The summed E-state index contributed by atoms with van der Waals surface area (Å²) in [6, 6.07) is 8.21. The van der Waals surface area contributed by atoms with E-state index in [2.05, 4.69) is 17.2 Å². The van der Waals surface area contributed by atoms with Crippen LogP contribution < -0.4 is 5.32 Å². The van der Waals surface area contributed by atoms with E-state index in [1.807, 2.05) is 29.6 Å². The Bertz CT molecular complexity index is 444. The molecule has 4 heteroatoms. The van der Waals surface area contributed by atoms with Crippen LogP contribution in [0.4, 0.5) is 0 Å². The molecule has 0 saturated carbocycles. The van der Waals surface area contributed by atoms with E-state index in [0.29, 0.717) is 0 Å². The van der Waals surface area contributed by atoms with Gasteiger partial charge in [0, 0.05) is 29.9 Å². The number of aliphatic hydroxyl groups excluding tert-OH is 1. The summed E-state index contributed by atoms with van der Waals surface area (Å²) in [4.78, 5) is 5.02. The zero-order valence-electron chi connectivity index (χ0n) is 10.4. The quantitative estimate of drug-likeness (QED) is 0.841. The predicted molar refractivity (Wildman–Crippen MR) is 74.4 cm³/mol. The van der Waals surface area contributed by atoms with Crippen molar-refractivity contribution in [2.45, 2.75) is 32.0 Å². The SMILES string of the molecule is C[C@@H](C[C@H](O)c1cccs1)NCc1ccncc1. The molecule has 2 rings (SSSR count). The Morgan fingerprint density at radius 3 is 2.78 bits per heavy atom. The minimum absolute atomic E-state index is 0.273. The minimum atomic E-state index is -0.370. The third kappa shape index (κ3) is 3.91. The highest BCUT2D eigenvalue weighted by atomic mass is 32.1. The van der Waals surface area contributed by atoms with Crippen molar-refractivity contribution in [3.8, 4) is 0 Å². The number of hydrogen-bond acceptors (Lipinski definition) is 4. The molecule has 2 N–H and O–H groups in total. The van der Waals surface area contributed by atoms with E-state index in [1.54, 1.807) is 23.7 Å². The maximum Gasteiger partial charge on any atom is 0.0896 e. The van der Waals surface area contributed by atoms with Gasteiger partial charge < -0.3 is 10.4 Å². The molecule has 96 valence electrons. The Morgan fingerprint density at radius 2 is 2.11 bits per heavy atom. The molecule has 3 nitrogen and oxygen atoms in total. The molecule has 0 aliphatic carbocycles. The third-order valence-corrected chi connectivity index (χ3v) is 3.83. The van der Waals surface area contributed by atoms with Gasteiger partial charge in [-0.05, 0) is 42.5 Å². The van der Waals surface area contributed by atoms with Gasteiger partial charge in [-0.3, -0.25) is 4.98 Å². The molecule has 0 saturated heterocycles. The molecular formula is C14H18N2OS. The highest BCUT2D eigenvalue weighted by Gasteiger charge is 2.12. The summed E-state index contributed by atoms with van der Waals surface area (Å²) in [6.45, 7) is 2.90. The molecule has 18 heavy (non-hydrogen) atoms. The van der Waals surface area contributed by atoms with E-state index >= 15 is 0 Å². The van der Waals surface area contributed by atoms with Crippen molar-refractivity contribution >= 4 is 11.3 Å². The van der Waals surface area contributed by atoms with E-state index < -0.39 is 0 Å². The molecule has 0 aliphatic heterocycles. The van der Waals surface area contributed by atoms with Crippen LogP contribution in [0.3, 0.4) is 0 Å². The van der Waals surface area contributed by atoms with Crippen molar-refractivity contribution in [1.82, 2.24) is 10.3 Å². The number of nitrogens with zero attached hydrogens (tertiary/aromatic N) is 1. The van der Waals surface area contributed by atoms with Gasteiger partial charge in [0.2, 0.25) is 0 Å². The van der Waals surface area contributed by atoms with E-state index in [9.17, 15) is 5.11 Å². The molecule has 0 unspecified atom stereocenters. The topological polar surface area (TPSA) is 45.1 Å². The Balaban J connectivity index is 1.77. The van der Waals surface area contributed by atoms with Gasteiger partial charge in [-0.2, -0.15) is 0 Å². The lowest BCUT2D eigenvalue weighted by Gasteiger charge is -2.17. The molecule has 2 aromatic heterocycles. The number of thiophene rings is 1. The Morgan fingerprint density at radius 1 is 1.33 bits per heavy atom. The van der Waals surface area contributed by atoms with Gasteiger partial charge in [0.05, 0.1) is 6.10 Å². The second kappa shape index (κ2) is 6.64. The van der Waals surface area contributed by atoms with Crippen LogP contribution in [0.2, 0.25) is 0 Å². The number of hydrogen-bond donors (Lipinski definition) is 2. The molecule has 0 aromatic carbocycles. The monoisotopic (exact) mass is 262 g/mol. The molecule has 2 heterocycles. The number of aromatic nitrogens is 1. The van der Waals surface area contributed by atoms with E-state index in [1.165, 1.54) is 5.56 Å². The zero-order chi connectivity index (χ0) is 12.8. The maximum absolute atomic E-state index is 10.0. The smallest absolute Gasteiger partial charge is 0.0896 e. The van der Waals surface area contributed by atoms with Gasteiger partial charge in [-0.1, -0.05) is 6.07 Å². The normalized spacial score (nSPS) is 14.3. The van der Waals surface area contributed by atoms with Gasteiger partial charge in [-0.25, -0.2) is 0 Å². The predicted octanol–water partition coefficient (Wildman–Crippen LogP) is 2.74. The van der Waals surface area contributed by atoms with E-state index in [-0.39, 0.29) is 12.1 Å². The zero-order valence-corrected chi connectivity index (χ0v) is 11.2. The summed E-state index contributed by atoms with van der Waals surface area (Å²) >= 11 is 1.60. The Hall–Kier alpha value is -1.23. The highest BCUT2D eigenvalue weighted by Crippen LogP contribution is 2.22. The van der Waals surface area contributed by atoms with Crippen molar-refractivity contribution < 1.29 is 5.11 Å². The molecule has 0 spiro atoms. The number of rotatable bonds is 6. The molecule has 2 atom stereocenters. The maximum atomic E-state index is 10.0. The van der Waals surface area contributed by atoms with Crippen LogP contribution in [0.1, 0.15) is 29.9 Å². The Labute approximate surface area is 112 Å². The first kappa shape index (κ1) is 13.2. The van der Waals surface area contributed by atoms with Gasteiger partial charge in [0.1, 0.15) is 0 Å². The number of pyridine rings is 1. The summed E-state index contributed by atoms with van der Waals surface area (Å²) in [7, 11) is 0. The van der Waals surface area contributed by atoms with Crippen LogP contribution in [-0.2, 0) is 6.54 Å². The van der Waals surface area contributed by atoms with E-state index in [4.69, 9.17) is 0 Å². The van der Waals surface area contributed by atoms with Crippen LogP contribution in [-0.4, -0.2) is 16.1 Å². The van der Waals surface area contributed by atoms with E-state index in [0.717, 1.165) is 17.8 Å². The molecule has 0 radical (unpaired) electrons. The van der Waals surface area contributed by atoms with Gasteiger partial charge in [-0.15, -0.1) is 11.3 Å². The summed E-state index contributed by atoms with van der Waals surface area (Å²) in [5.74, 6) is 0. The first-order valence-corrected chi connectivity index (χ1v) is 6.97. The largest absolute Gasteiger partial charge is 0.388 e. The molecule has 0 amide bonds. The number of aliphatic hydroxyl groups is 1. The lowest BCUT2D eigenvalue weighted by Crippen LogP contribution is -2.27. The second-order valence-electron chi connectivity index (χ2n) is 4.40. The third-order valence-electron chi connectivity index (χ3n) is 2.85. The summed E-state index contributed by atoms with van der Waals surface area (Å²) < 4.78 is 0. The van der Waals surface area contributed by atoms with Crippen molar-refractivity contribution in [3.63, 3.8) is 0 Å². The second-order valence-corrected chi connectivity index (χ2v) is 5.38. The van der Waals surface area contributed by atoms with Gasteiger partial charge in [0.25, 0.3) is 0 Å². The van der Waals surface area contributed by atoms with Crippen molar-refractivity contribution in [3.05, 3.63) is 52.5 Å². The fraction of sp³-hybridized carbons (Fsp3) is 0.357. The summed E-state index contributed by atoms with van der Waals surface area (Å²) in [6.07, 6.45) is 3.94. The standard InChI is InChI=1S/C14H18N2OS/c1-11(9-13(17)14-3-2-8-18-14)16-10-12-4-6-15-7-5-12/h2-8,11,13,16-17H,9-10H2,1H3/t11-,13-/m0/s1. The van der Waals surface area contributed by atoms with Crippen LogP contribution >= 0.6 is 11.3 Å². The van der Waals surface area contributed by atoms with Crippen molar-refractivity contribution in [1.29, 1.82) is 0 Å². The Kier molecular flexibility index (Phi) is 4.87.